The SMILES string of the molecule is Cc1ccnc(Cl)c1C=CCNC(=O)OCc1ccccc1. The molecule has 1 N–H and O–H groups in total. The highest BCUT2D eigenvalue weighted by Gasteiger charge is 2.02. The lowest BCUT2D eigenvalue weighted by Crippen LogP contribution is -2.24. The third-order valence-corrected chi connectivity index (χ3v) is 3.32. The molecule has 0 aliphatic carbocycles. The van der Waals surface area contributed by atoms with Crippen molar-refractivity contribution in [3.8, 4) is 0 Å². The molecule has 1 aromatic carbocycles. The second-order valence-corrected chi connectivity index (χ2v) is 5.04. The highest BCUT2D eigenvalue weighted by Crippen LogP contribution is 2.17. The van der Waals surface area contributed by atoms with E-state index in [9.17, 15) is 4.79 Å². The quantitative estimate of drug-likeness (QED) is 0.849. The summed E-state index contributed by atoms with van der Waals surface area (Å²) in [6, 6.07) is 11.4. The Morgan fingerprint density at radius 2 is 2.09 bits per heavy atom. The van der Waals surface area contributed by atoms with Crippen molar-refractivity contribution in [2.75, 3.05) is 6.54 Å². The normalized spacial score (nSPS) is 10.6. The molecule has 4 nitrogen and oxygen atoms in total. The van der Waals surface area contributed by atoms with Crippen molar-refractivity contribution in [3.05, 3.63) is 70.5 Å². The van der Waals surface area contributed by atoms with Crippen LogP contribution in [0.15, 0.2) is 48.7 Å². The van der Waals surface area contributed by atoms with E-state index in [0.717, 1.165) is 16.7 Å². The zero-order valence-electron chi connectivity index (χ0n) is 12.3. The van der Waals surface area contributed by atoms with Gasteiger partial charge in [-0.2, -0.15) is 0 Å². The molecule has 0 aliphatic heterocycles. The molecule has 0 fully saturated rings. The van der Waals surface area contributed by atoms with Crippen LogP contribution in [0, 0.1) is 6.92 Å². The number of carbonyl (C=O) groups excluding carboxylic acids is 1. The predicted molar refractivity (Wildman–Crippen MR) is 87.6 cm³/mol. The Bertz CT molecular complexity index is 637. The Morgan fingerprint density at radius 1 is 1.32 bits per heavy atom. The third kappa shape index (κ3) is 4.90. The van der Waals surface area contributed by atoms with Crippen LogP contribution in [0.2, 0.25) is 5.15 Å². The molecule has 22 heavy (non-hydrogen) atoms. The number of ether oxygens (including phenoxy) is 1. The van der Waals surface area contributed by atoms with Crippen molar-refractivity contribution in [3.63, 3.8) is 0 Å². The molecule has 0 bridgehead atoms. The van der Waals surface area contributed by atoms with Crippen LogP contribution in [0.5, 0.6) is 0 Å². The van der Waals surface area contributed by atoms with Gasteiger partial charge in [-0.05, 0) is 24.1 Å². The number of rotatable bonds is 5. The number of hydrogen-bond donors (Lipinski definition) is 1. The predicted octanol–water partition coefficient (Wildman–Crippen LogP) is 3.98. The molecule has 1 amide bonds. The fraction of sp³-hybridized carbons (Fsp3) is 0.176. The van der Waals surface area contributed by atoms with Crippen LogP contribution < -0.4 is 5.32 Å². The molecular weight excluding hydrogens is 300 g/mol. The van der Waals surface area contributed by atoms with Crippen molar-refractivity contribution >= 4 is 23.8 Å². The van der Waals surface area contributed by atoms with Gasteiger partial charge >= 0.3 is 6.09 Å². The highest BCUT2D eigenvalue weighted by molar-refractivity contribution is 6.30. The molecule has 0 radical (unpaired) electrons. The molecule has 0 saturated heterocycles. The maximum Gasteiger partial charge on any atom is 0.407 e. The molecular formula is C17H17ClN2O2. The molecule has 0 aliphatic rings. The Hall–Kier alpha value is -2.33. The van der Waals surface area contributed by atoms with Crippen molar-refractivity contribution in [1.29, 1.82) is 0 Å². The average molecular weight is 317 g/mol. The fourth-order valence-electron chi connectivity index (χ4n) is 1.83. The number of hydrogen-bond acceptors (Lipinski definition) is 3. The van der Waals surface area contributed by atoms with E-state index in [0.29, 0.717) is 11.7 Å². The summed E-state index contributed by atoms with van der Waals surface area (Å²) in [6.45, 7) is 2.57. The van der Waals surface area contributed by atoms with E-state index < -0.39 is 6.09 Å². The van der Waals surface area contributed by atoms with Crippen molar-refractivity contribution in [2.24, 2.45) is 0 Å². The number of alkyl carbamates (subject to hydrolysis) is 1. The average Bonchev–Trinajstić information content (AvgIpc) is 2.53. The van der Waals surface area contributed by atoms with Gasteiger partial charge in [0.15, 0.2) is 0 Å². The molecule has 1 heterocycles. The summed E-state index contributed by atoms with van der Waals surface area (Å²) in [5.41, 5.74) is 2.83. The van der Waals surface area contributed by atoms with Crippen LogP contribution in [-0.2, 0) is 11.3 Å². The molecule has 0 saturated carbocycles. The number of pyridine rings is 1. The van der Waals surface area contributed by atoms with Gasteiger partial charge in [0.25, 0.3) is 0 Å². The van der Waals surface area contributed by atoms with Gasteiger partial charge < -0.3 is 10.1 Å². The Labute approximate surface area is 134 Å². The first kappa shape index (κ1) is 16.0. The number of halogens is 1. The first-order valence-electron chi connectivity index (χ1n) is 6.89. The lowest BCUT2D eigenvalue weighted by atomic mass is 10.1. The monoisotopic (exact) mass is 316 g/mol. The van der Waals surface area contributed by atoms with Crippen LogP contribution in [0.3, 0.4) is 0 Å². The minimum atomic E-state index is -0.456. The molecule has 2 aromatic rings. The Balaban J connectivity index is 1.76. The minimum absolute atomic E-state index is 0.254. The number of amides is 1. The van der Waals surface area contributed by atoms with Gasteiger partial charge in [-0.15, -0.1) is 0 Å². The molecule has 0 atom stereocenters. The number of nitrogens with one attached hydrogen (secondary N) is 1. The summed E-state index contributed by atoms with van der Waals surface area (Å²) < 4.78 is 5.11. The van der Waals surface area contributed by atoms with E-state index in [-0.39, 0.29) is 6.61 Å². The minimum Gasteiger partial charge on any atom is -0.445 e. The second-order valence-electron chi connectivity index (χ2n) is 4.68. The summed E-state index contributed by atoms with van der Waals surface area (Å²) in [5, 5.41) is 3.10. The van der Waals surface area contributed by atoms with E-state index in [1.54, 1.807) is 12.3 Å². The lowest BCUT2D eigenvalue weighted by Gasteiger charge is -2.05. The number of aromatic nitrogens is 1. The molecule has 2 rings (SSSR count). The Kier molecular flexibility index (Phi) is 5.98. The maximum atomic E-state index is 11.6. The van der Waals surface area contributed by atoms with Crippen LogP contribution in [0.1, 0.15) is 16.7 Å². The lowest BCUT2D eigenvalue weighted by molar-refractivity contribution is 0.141. The summed E-state index contributed by atoms with van der Waals surface area (Å²) in [7, 11) is 0. The van der Waals surface area contributed by atoms with Gasteiger partial charge in [-0.1, -0.05) is 54.1 Å². The molecule has 5 heteroatoms. The summed E-state index contributed by atoms with van der Waals surface area (Å²) in [5.74, 6) is 0. The molecule has 114 valence electrons. The van der Waals surface area contributed by atoms with Crippen LogP contribution in [0.25, 0.3) is 6.08 Å². The van der Waals surface area contributed by atoms with Gasteiger partial charge in [0.2, 0.25) is 0 Å². The molecule has 0 spiro atoms. The van der Waals surface area contributed by atoms with Gasteiger partial charge in [0.1, 0.15) is 11.8 Å². The Morgan fingerprint density at radius 3 is 2.82 bits per heavy atom. The zero-order valence-corrected chi connectivity index (χ0v) is 13.0. The van der Waals surface area contributed by atoms with Gasteiger partial charge in [-0.3, -0.25) is 0 Å². The van der Waals surface area contributed by atoms with Crippen LogP contribution in [-0.4, -0.2) is 17.6 Å². The van der Waals surface area contributed by atoms with E-state index in [1.807, 2.05) is 49.4 Å². The number of benzene rings is 1. The summed E-state index contributed by atoms with van der Waals surface area (Å²) in [4.78, 5) is 15.6. The zero-order chi connectivity index (χ0) is 15.8. The second kappa shape index (κ2) is 8.20. The first-order valence-corrected chi connectivity index (χ1v) is 7.27. The largest absolute Gasteiger partial charge is 0.445 e. The molecule has 0 unspecified atom stereocenters. The van der Waals surface area contributed by atoms with Gasteiger partial charge in [0, 0.05) is 18.3 Å². The van der Waals surface area contributed by atoms with Crippen LogP contribution >= 0.6 is 11.6 Å². The summed E-state index contributed by atoms with van der Waals surface area (Å²) in [6.07, 6.45) is 4.85. The number of nitrogens with zero attached hydrogens (tertiary/aromatic N) is 1. The smallest absolute Gasteiger partial charge is 0.407 e. The third-order valence-electron chi connectivity index (χ3n) is 3.02. The standard InChI is InChI=1S/C17H17ClN2O2/c1-13-9-11-19-16(18)15(13)8-5-10-20-17(21)22-12-14-6-3-2-4-7-14/h2-9,11H,10,12H2,1H3,(H,20,21). The van der Waals surface area contributed by atoms with Gasteiger partial charge in [-0.25, -0.2) is 9.78 Å². The topological polar surface area (TPSA) is 51.2 Å². The van der Waals surface area contributed by atoms with Gasteiger partial charge in [0.05, 0.1) is 0 Å². The van der Waals surface area contributed by atoms with Crippen molar-refractivity contribution < 1.29 is 9.53 Å². The van der Waals surface area contributed by atoms with Crippen LogP contribution in [0.4, 0.5) is 4.79 Å². The molecule has 1 aromatic heterocycles. The van der Waals surface area contributed by atoms with E-state index in [2.05, 4.69) is 10.3 Å². The van der Waals surface area contributed by atoms with Crippen molar-refractivity contribution in [2.45, 2.75) is 13.5 Å². The van der Waals surface area contributed by atoms with E-state index in [1.165, 1.54) is 0 Å². The fourth-order valence-corrected chi connectivity index (χ4v) is 2.10. The van der Waals surface area contributed by atoms with E-state index >= 15 is 0 Å². The highest BCUT2D eigenvalue weighted by atomic mass is 35.5. The number of carbonyl (C=O) groups is 1. The van der Waals surface area contributed by atoms with E-state index in [4.69, 9.17) is 16.3 Å². The number of aryl methyl sites for hydroxylation is 1. The first-order chi connectivity index (χ1) is 10.7. The maximum absolute atomic E-state index is 11.6. The van der Waals surface area contributed by atoms with Crippen molar-refractivity contribution in [1.82, 2.24) is 10.3 Å². The summed E-state index contributed by atoms with van der Waals surface area (Å²) >= 11 is 6.01.